The molecule has 2 atom stereocenters. The van der Waals surface area contributed by atoms with Crippen molar-refractivity contribution in [3.05, 3.63) is 35.4 Å². The number of benzene rings is 1. The normalized spacial score (nSPS) is 14.2. The van der Waals surface area contributed by atoms with Crippen molar-refractivity contribution in [3.8, 4) is 0 Å². The summed E-state index contributed by atoms with van der Waals surface area (Å²) >= 11 is 0. The molecule has 0 aliphatic heterocycles. The SMILES string of the molecule is CC(=O)[C@@H](N)C[C@@H](C)CCCc1ccc(C)cc1. The highest BCUT2D eigenvalue weighted by Gasteiger charge is 2.12. The van der Waals surface area contributed by atoms with E-state index in [4.69, 9.17) is 5.73 Å². The van der Waals surface area contributed by atoms with Crippen LogP contribution in [0.2, 0.25) is 0 Å². The Morgan fingerprint density at radius 2 is 1.89 bits per heavy atom. The highest BCUT2D eigenvalue weighted by Crippen LogP contribution is 2.15. The van der Waals surface area contributed by atoms with Gasteiger partial charge in [-0.3, -0.25) is 4.79 Å². The summed E-state index contributed by atoms with van der Waals surface area (Å²) in [5.41, 5.74) is 8.46. The molecule has 0 bridgehead atoms. The van der Waals surface area contributed by atoms with Gasteiger partial charge in [0.2, 0.25) is 0 Å². The van der Waals surface area contributed by atoms with Crippen molar-refractivity contribution in [3.63, 3.8) is 0 Å². The van der Waals surface area contributed by atoms with E-state index in [0.717, 1.165) is 25.7 Å². The average Bonchev–Trinajstić information content (AvgIpc) is 2.31. The lowest BCUT2D eigenvalue weighted by molar-refractivity contribution is -0.118. The maximum atomic E-state index is 11.1. The van der Waals surface area contributed by atoms with E-state index in [1.165, 1.54) is 11.1 Å². The number of aryl methyl sites for hydroxylation is 2. The van der Waals surface area contributed by atoms with Crippen LogP contribution in [-0.4, -0.2) is 11.8 Å². The summed E-state index contributed by atoms with van der Waals surface area (Å²) < 4.78 is 0. The molecule has 2 N–H and O–H groups in total. The maximum Gasteiger partial charge on any atom is 0.146 e. The standard InChI is InChI=1S/C16H25NO/c1-12-7-9-15(10-8-12)6-4-5-13(2)11-16(17)14(3)18/h7-10,13,16H,4-6,11,17H2,1-3H3/t13-,16-/m0/s1. The lowest BCUT2D eigenvalue weighted by atomic mass is 9.94. The number of carbonyl (C=O) groups is 1. The van der Waals surface area contributed by atoms with Crippen molar-refractivity contribution in [2.75, 3.05) is 0 Å². The van der Waals surface area contributed by atoms with Gasteiger partial charge in [-0.05, 0) is 44.6 Å². The highest BCUT2D eigenvalue weighted by atomic mass is 16.1. The predicted octanol–water partition coefficient (Wildman–Crippen LogP) is 3.26. The molecule has 0 fully saturated rings. The minimum Gasteiger partial charge on any atom is -0.322 e. The van der Waals surface area contributed by atoms with Gasteiger partial charge in [0.05, 0.1) is 6.04 Å². The molecule has 0 aromatic heterocycles. The van der Waals surface area contributed by atoms with Crippen LogP contribution in [0, 0.1) is 12.8 Å². The highest BCUT2D eigenvalue weighted by molar-refractivity contribution is 5.81. The van der Waals surface area contributed by atoms with Gasteiger partial charge in [0.1, 0.15) is 5.78 Å². The molecule has 2 nitrogen and oxygen atoms in total. The van der Waals surface area contributed by atoms with E-state index in [0.29, 0.717) is 5.92 Å². The Morgan fingerprint density at radius 3 is 2.44 bits per heavy atom. The van der Waals surface area contributed by atoms with E-state index in [1.54, 1.807) is 6.92 Å². The fraction of sp³-hybridized carbons (Fsp3) is 0.562. The monoisotopic (exact) mass is 247 g/mol. The third kappa shape index (κ3) is 5.46. The molecule has 18 heavy (non-hydrogen) atoms. The largest absolute Gasteiger partial charge is 0.322 e. The fourth-order valence-corrected chi connectivity index (χ4v) is 2.13. The number of nitrogens with two attached hydrogens (primary N) is 1. The second-order valence-corrected chi connectivity index (χ2v) is 5.44. The average molecular weight is 247 g/mol. The van der Waals surface area contributed by atoms with Crippen molar-refractivity contribution in [1.82, 2.24) is 0 Å². The Bertz CT molecular complexity index is 369. The van der Waals surface area contributed by atoms with Crippen molar-refractivity contribution in [1.29, 1.82) is 0 Å². The van der Waals surface area contributed by atoms with Gasteiger partial charge >= 0.3 is 0 Å². The molecule has 0 heterocycles. The molecule has 0 amide bonds. The molecule has 2 heteroatoms. The van der Waals surface area contributed by atoms with Crippen LogP contribution < -0.4 is 5.73 Å². The molecule has 1 rings (SSSR count). The summed E-state index contributed by atoms with van der Waals surface area (Å²) in [5, 5.41) is 0. The molecule has 0 aliphatic carbocycles. The summed E-state index contributed by atoms with van der Waals surface area (Å²) in [7, 11) is 0. The zero-order valence-corrected chi connectivity index (χ0v) is 11.8. The van der Waals surface area contributed by atoms with E-state index in [9.17, 15) is 4.79 Å². The number of carbonyl (C=O) groups excluding carboxylic acids is 1. The number of rotatable bonds is 7. The second kappa shape index (κ2) is 7.32. The molecular formula is C16H25NO. The lowest BCUT2D eigenvalue weighted by Crippen LogP contribution is -2.30. The second-order valence-electron chi connectivity index (χ2n) is 5.44. The maximum absolute atomic E-state index is 11.1. The molecule has 0 saturated carbocycles. The van der Waals surface area contributed by atoms with E-state index >= 15 is 0 Å². The zero-order valence-electron chi connectivity index (χ0n) is 11.8. The van der Waals surface area contributed by atoms with Gasteiger partial charge in [0.25, 0.3) is 0 Å². The fourth-order valence-electron chi connectivity index (χ4n) is 2.13. The van der Waals surface area contributed by atoms with Crippen LogP contribution in [0.1, 0.15) is 44.2 Å². The van der Waals surface area contributed by atoms with E-state index in [2.05, 4.69) is 38.1 Å². The first-order valence-corrected chi connectivity index (χ1v) is 6.80. The summed E-state index contributed by atoms with van der Waals surface area (Å²) in [6.45, 7) is 5.86. The lowest BCUT2D eigenvalue weighted by Gasteiger charge is -2.14. The molecule has 0 unspecified atom stereocenters. The number of hydrogen-bond acceptors (Lipinski definition) is 2. The Labute approximate surface area is 111 Å². The molecule has 0 aliphatic rings. The summed E-state index contributed by atoms with van der Waals surface area (Å²) in [5.74, 6) is 0.620. The molecule has 0 radical (unpaired) electrons. The van der Waals surface area contributed by atoms with Crippen molar-refractivity contribution in [2.24, 2.45) is 11.7 Å². The van der Waals surface area contributed by atoms with Gasteiger partial charge in [-0.25, -0.2) is 0 Å². The van der Waals surface area contributed by atoms with Crippen LogP contribution in [0.4, 0.5) is 0 Å². The summed E-state index contributed by atoms with van der Waals surface area (Å²) in [6.07, 6.45) is 4.22. The first kappa shape index (κ1) is 14.9. The van der Waals surface area contributed by atoms with E-state index in [-0.39, 0.29) is 11.8 Å². The summed E-state index contributed by atoms with van der Waals surface area (Å²) in [4.78, 5) is 11.1. The van der Waals surface area contributed by atoms with Gasteiger partial charge in [0, 0.05) is 0 Å². The zero-order chi connectivity index (χ0) is 13.5. The predicted molar refractivity (Wildman–Crippen MR) is 76.6 cm³/mol. The van der Waals surface area contributed by atoms with Crippen LogP contribution in [0.5, 0.6) is 0 Å². The van der Waals surface area contributed by atoms with Crippen molar-refractivity contribution in [2.45, 2.75) is 52.5 Å². The minimum absolute atomic E-state index is 0.0976. The first-order valence-electron chi connectivity index (χ1n) is 6.80. The minimum atomic E-state index is -0.278. The van der Waals surface area contributed by atoms with E-state index < -0.39 is 0 Å². The Kier molecular flexibility index (Phi) is 6.06. The van der Waals surface area contributed by atoms with Gasteiger partial charge in [-0.15, -0.1) is 0 Å². The van der Waals surface area contributed by atoms with Crippen molar-refractivity contribution >= 4 is 5.78 Å². The molecule has 0 saturated heterocycles. The Morgan fingerprint density at radius 1 is 1.28 bits per heavy atom. The van der Waals surface area contributed by atoms with Gasteiger partial charge in [0.15, 0.2) is 0 Å². The van der Waals surface area contributed by atoms with Crippen LogP contribution in [0.15, 0.2) is 24.3 Å². The topological polar surface area (TPSA) is 43.1 Å². The van der Waals surface area contributed by atoms with E-state index in [1.807, 2.05) is 0 Å². The van der Waals surface area contributed by atoms with Crippen LogP contribution in [0.3, 0.4) is 0 Å². The van der Waals surface area contributed by atoms with Crippen LogP contribution >= 0.6 is 0 Å². The molecule has 100 valence electrons. The molecule has 0 spiro atoms. The smallest absolute Gasteiger partial charge is 0.146 e. The van der Waals surface area contributed by atoms with Crippen molar-refractivity contribution < 1.29 is 4.79 Å². The first-order chi connectivity index (χ1) is 8.49. The van der Waals surface area contributed by atoms with Crippen LogP contribution in [-0.2, 0) is 11.2 Å². The number of Topliss-reactive ketones (excluding diaryl/α,β-unsaturated/α-hetero) is 1. The molecule has 1 aromatic carbocycles. The third-order valence-corrected chi connectivity index (χ3v) is 3.46. The number of ketones is 1. The van der Waals surface area contributed by atoms with Gasteiger partial charge in [-0.1, -0.05) is 43.2 Å². The Balaban J connectivity index is 2.25. The third-order valence-electron chi connectivity index (χ3n) is 3.46. The quantitative estimate of drug-likeness (QED) is 0.803. The molecule has 1 aromatic rings. The molecular weight excluding hydrogens is 222 g/mol. The van der Waals surface area contributed by atoms with Crippen LogP contribution in [0.25, 0.3) is 0 Å². The Hall–Kier alpha value is -1.15. The summed E-state index contributed by atoms with van der Waals surface area (Å²) in [6, 6.07) is 8.43. The van der Waals surface area contributed by atoms with Gasteiger partial charge < -0.3 is 5.73 Å². The van der Waals surface area contributed by atoms with Gasteiger partial charge in [-0.2, -0.15) is 0 Å². The number of hydrogen-bond donors (Lipinski definition) is 1.